The maximum Gasteiger partial charge on any atom is 0.254 e. The molecule has 0 radical (unpaired) electrons. The van der Waals surface area contributed by atoms with Crippen molar-refractivity contribution >= 4 is 29.3 Å². The Morgan fingerprint density at radius 2 is 1.94 bits per heavy atom. The van der Waals surface area contributed by atoms with E-state index in [-0.39, 0.29) is 23.6 Å². The molecule has 1 N–H and O–H groups in total. The number of rotatable bonds is 7. The first-order valence-corrected chi connectivity index (χ1v) is 12.3. The van der Waals surface area contributed by atoms with Crippen LogP contribution in [0.5, 0.6) is 0 Å². The van der Waals surface area contributed by atoms with Gasteiger partial charge in [-0.25, -0.2) is 0 Å². The van der Waals surface area contributed by atoms with Crippen molar-refractivity contribution in [3.63, 3.8) is 0 Å². The fraction of sp³-hybridized carbons (Fsp3) is 0.360. The molecule has 1 saturated heterocycles. The molecule has 1 unspecified atom stereocenters. The third-order valence-corrected chi connectivity index (χ3v) is 6.86. The van der Waals surface area contributed by atoms with Crippen molar-refractivity contribution in [3.8, 4) is 0 Å². The number of nitrogens with zero attached hydrogens (tertiary/aromatic N) is 4. The Morgan fingerprint density at radius 3 is 2.70 bits per heavy atom. The van der Waals surface area contributed by atoms with Gasteiger partial charge >= 0.3 is 0 Å². The zero-order valence-corrected chi connectivity index (χ0v) is 20.1. The first-order chi connectivity index (χ1) is 16.0. The van der Waals surface area contributed by atoms with Crippen molar-refractivity contribution in [2.45, 2.75) is 51.4 Å². The van der Waals surface area contributed by atoms with E-state index < -0.39 is 0 Å². The van der Waals surface area contributed by atoms with Crippen LogP contribution in [-0.2, 0) is 11.3 Å². The minimum Gasteiger partial charge on any atom is -0.328 e. The zero-order chi connectivity index (χ0) is 23.4. The van der Waals surface area contributed by atoms with Gasteiger partial charge in [-0.3, -0.25) is 9.59 Å². The van der Waals surface area contributed by atoms with E-state index in [9.17, 15) is 9.59 Å². The number of hydrogen-bond donors (Lipinski definition) is 1. The van der Waals surface area contributed by atoms with Gasteiger partial charge < -0.3 is 14.8 Å². The SMILES string of the molecule is CCn1c(SCC(=O)Nc2ccccc2C)nnc1C1CCCN1C(=O)c1cccc(C)c1. The van der Waals surface area contributed by atoms with Gasteiger partial charge in [-0.2, -0.15) is 0 Å². The van der Waals surface area contributed by atoms with Gasteiger partial charge in [0.25, 0.3) is 5.91 Å². The second kappa shape index (κ2) is 10.2. The minimum atomic E-state index is -0.111. The Labute approximate surface area is 198 Å². The molecule has 2 amide bonds. The lowest BCUT2D eigenvalue weighted by Crippen LogP contribution is -2.32. The Kier molecular flexibility index (Phi) is 7.13. The fourth-order valence-electron chi connectivity index (χ4n) is 4.20. The molecule has 1 fully saturated rings. The molecular weight excluding hydrogens is 434 g/mol. The Bertz CT molecular complexity index is 1160. The van der Waals surface area contributed by atoms with E-state index in [2.05, 4.69) is 15.5 Å². The van der Waals surface area contributed by atoms with Crippen molar-refractivity contribution in [2.75, 3.05) is 17.6 Å². The smallest absolute Gasteiger partial charge is 0.254 e. The molecule has 0 aliphatic carbocycles. The van der Waals surface area contributed by atoms with Crippen molar-refractivity contribution in [3.05, 3.63) is 71.0 Å². The van der Waals surface area contributed by atoms with Crippen LogP contribution in [0.4, 0.5) is 5.69 Å². The summed E-state index contributed by atoms with van der Waals surface area (Å²) in [5.74, 6) is 0.971. The lowest BCUT2D eigenvalue weighted by molar-refractivity contribution is -0.113. The van der Waals surface area contributed by atoms with Gasteiger partial charge in [-0.1, -0.05) is 47.7 Å². The highest BCUT2D eigenvalue weighted by atomic mass is 32.2. The molecule has 0 saturated carbocycles. The van der Waals surface area contributed by atoms with E-state index in [0.29, 0.717) is 23.8 Å². The number of amides is 2. The Balaban J connectivity index is 1.47. The number of likely N-dealkylation sites (tertiary alicyclic amines) is 1. The van der Waals surface area contributed by atoms with E-state index in [4.69, 9.17) is 0 Å². The molecule has 1 aliphatic heterocycles. The van der Waals surface area contributed by atoms with Crippen LogP contribution in [0.1, 0.15) is 53.1 Å². The zero-order valence-electron chi connectivity index (χ0n) is 19.2. The summed E-state index contributed by atoms with van der Waals surface area (Å²) in [6, 6.07) is 15.3. The van der Waals surface area contributed by atoms with Gasteiger partial charge in [-0.05, 0) is 57.4 Å². The van der Waals surface area contributed by atoms with Gasteiger partial charge in [0.05, 0.1) is 11.8 Å². The normalized spacial score (nSPS) is 15.6. The molecule has 172 valence electrons. The van der Waals surface area contributed by atoms with Crippen LogP contribution in [-0.4, -0.2) is 43.8 Å². The molecule has 3 aromatic rings. The van der Waals surface area contributed by atoms with Crippen molar-refractivity contribution in [1.29, 1.82) is 0 Å². The summed E-state index contributed by atoms with van der Waals surface area (Å²) in [4.78, 5) is 27.6. The number of aryl methyl sites for hydroxylation is 2. The lowest BCUT2D eigenvalue weighted by Gasteiger charge is -2.24. The lowest BCUT2D eigenvalue weighted by atomic mass is 10.1. The average molecular weight is 464 g/mol. The number of aromatic nitrogens is 3. The number of benzene rings is 2. The minimum absolute atomic E-state index is 0.0265. The highest BCUT2D eigenvalue weighted by Crippen LogP contribution is 2.34. The largest absolute Gasteiger partial charge is 0.328 e. The monoisotopic (exact) mass is 463 g/mol. The number of para-hydroxylation sites is 1. The van der Waals surface area contributed by atoms with Crippen LogP contribution in [0.2, 0.25) is 0 Å². The van der Waals surface area contributed by atoms with Crippen molar-refractivity contribution < 1.29 is 9.59 Å². The highest BCUT2D eigenvalue weighted by molar-refractivity contribution is 7.99. The van der Waals surface area contributed by atoms with Crippen molar-refractivity contribution in [1.82, 2.24) is 19.7 Å². The predicted molar refractivity (Wildman–Crippen MR) is 130 cm³/mol. The van der Waals surface area contributed by atoms with E-state index >= 15 is 0 Å². The van der Waals surface area contributed by atoms with E-state index in [1.165, 1.54) is 11.8 Å². The summed E-state index contributed by atoms with van der Waals surface area (Å²) >= 11 is 1.37. The Morgan fingerprint density at radius 1 is 1.12 bits per heavy atom. The number of anilines is 1. The summed E-state index contributed by atoms with van der Waals surface area (Å²) < 4.78 is 2.03. The van der Waals surface area contributed by atoms with Gasteiger partial charge in [0.15, 0.2) is 11.0 Å². The first kappa shape index (κ1) is 23.0. The first-order valence-electron chi connectivity index (χ1n) is 11.3. The van der Waals surface area contributed by atoms with Gasteiger partial charge in [0.1, 0.15) is 0 Å². The van der Waals surface area contributed by atoms with Crippen LogP contribution < -0.4 is 5.32 Å². The number of thioether (sulfide) groups is 1. The molecule has 4 rings (SSSR count). The molecule has 1 aliphatic rings. The third-order valence-electron chi connectivity index (χ3n) is 5.89. The molecular formula is C25H29N5O2S. The number of carbonyl (C=O) groups is 2. The van der Waals surface area contributed by atoms with Crippen LogP contribution >= 0.6 is 11.8 Å². The summed E-state index contributed by atoms with van der Waals surface area (Å²) in [6.07, 6.45) is 1.79. The van der Waals surface area contributed by atoms with Gasteiger partial charge in [0, 0.05) is 24.3 Å². The topological polar surface area (TPSA) is 80.1 Å². The molecule has 1 aromatic heterocycles. The molecule has 2 heterocycles. The number of nitrogens with one attached hydrogen (secondary N) is 1. The van der Waals surface area contributed by atoms with Gasteiger partial charge in [-0.15, -0.1) is 10.2 Å². The standard InChI is InChI=1S/C25H29N5O2S/c1-4-29-23(21-13-8-14-30(21)24(32)19-11-7-9-17(2)15-19)27-28-25(29)33-16-22(31)26-20-12-6-5-10-18(20)3/h5-7,9-12,15,21H,4,8,13-14,16H2,1-3H3,(H,26,31). The summed E-state index contributed by atoms with van der Waals surface area (Å²) in [7, 11) is 0. The maximum atomic E-state index is 13.2. The Hall–Kier alpha value is -3.13. The quantitative estimate of drug-likeness (QED) is 0.517. The summed E-state index contributed by atoms with van der Waals surface area (Å²) in [5, 5.41) is 12.5. The predicted octanol–water partition coefficient (Wildman–Crippen LogP) is 4.62. The molecule has 7 nitrogen and oxygen atoms in total. The molecule has 33 heavy (non-hydrogen) atoms. The van der Waals surface area contributed by atoms with Gasteiger partial charge in [0.2, 0.25) is 5.91 Å². The molecule has 1 atom stereocenters. The fourth-order valence-corrected chi connectivity index (χ4v) is 5.01. The number of carbonyl (C=O) groups excluding carboxylic acids is 2. The van der Waals surface area contributed by atoms with E-state index in [0.717, 1.165) is 35.5 Å². The van der Waals surface area contributed by atoms with Crippen LogP contribution in [0.15, 0.2) is 53.7 Å². The second-order valence-corrected chi connectivity index (χ2v) is 9.21. The maximum absolute atomic E-state index is 13.2. The molecule has 0 bridgehead atoms. The van der Waals surface area contributed by atoms with E-state index in [1.54, 1.807) is 0 Å². The number of hydrogen-bond acceptors (Lipinski definition) is 5. The van der Waals surface area contributed by atoms with Crippen LogP contribution in [0.3, 0.4) is 0 Å². The molecule has 2 aromatic carbocycles. The van der Waals surface area contributed by atoms with Crippen LogP contribution in [0.25, 0.3) is 0 Å². The molecule has 8 heteroatoms. The summed E-state index contributed by atoms with van der Waals surface area (Å²) in [6.45, 7) is 7.37. The summed E-state index contributed by atoms with van der Waals surface area (Å²) in [5.41, 5.74) is 3.61. The van der Waals surface area contributed by atoms with Crippen LogP contribution in [0, 0.1) is 13.8 Å². The molecule has 0 spiro atoms. The van der Waals surface area contributed by atoms with Crippen molar-refractivity contribution in [2.24, 2.45) is 0 Å². The average Bonchev–Trinajstić information content (AvgIpc) is 3.45. The highest BCUT2D eigenvalue weighted by Gasteiger charge is 2.34. The van der Waals surface area contributed by atoms with E-state index in [1.807, 2.05) is 78.8 Å². The third kappa shape index (κ3) is 5.11. The second-order valence-electron chi connectivity index (χ2n) is 8.26.